The van der Waals surface area contributed by atoms with Crippen LogP contribution in [-0.4, -0.2) is 31.9 Å². The Morgan fingerprint density at radius 1 is 1.18 bits per heavy atom. The van der Waals surface area contributed by atoms with Gasteiger partial charge in [0.1, 0.15) is 0 Å². The summed E-state index contributed by atoms with van der Waals surface area (Å²) in [5.74, 6) is 0.861. The van der Waals surface area contributed by atoms with Crippen LogP contribution in [0.3, 0.4) is 0 Å². The van der Waals surface area contributed by atoms with E-state index in [2.05, 4.69) is 30.7 Å². The summed E-state index contributed by atoms with van der Waals surface area (Å²) < 4.78 is 29.5. The van der Waals surface area contributed by atoms with Crippen molar-refractivity contribution in [1.82, 2.24) is 9.03 Å². The summed E-state index contributed by atoms with van der Waals surface area (Å²) >= 11 is 0. The van der Waals surface area contributed by atoms with Crippen LogP contribution in [0.4, 0.5) is 0 Å². The minimum Gasteiger partial charge on any atom is -0.199 e. The lowest BCUT2D eigenvalue weighted by molar-refractivity contribution is 0.219. The average Bonchev–Trinajstić information content (AvgIpc) is 2.45. The fourth-order valence-electron chi connectivity index (χ4n) is 3.22. The molecule has 1 heterocycles. The van der Waals surface area contributed by atoms with E-state index in [4.69, 9.17) is 0 Å². The monoisotopic (exact) mass is 324 g/mol. The molecule has 1 saturated heterocycles. The van der Waals surface area contributed by atoms with Gasteiger partial charge in [0.15, 0.2) is 0 Å². The molecule has 2 rings (SSSR count). The van der Waals surface area contributed by atoms with Crippen molar-refractivity contribution in [2.24, 2.45) is 11.8 Å². The molecule has 3 unspecified atom stereocenters. The Balaban J connectivity index is 1.88. The number of hydrogen-bond acceptors (Lipinski definition) is 2. The predicted molar refractivity (Wildman–Crippen MR) is 90.8 cm³/mol. The maximum atomic E-state index is 12.5. The topological polar surface area (TPSA) is 49.4 Å². The first-order chi connectivity index (χ1) is 10.4. The fraction of sp³-hybridized carbons (Fsp3) is 0.647. The fourth-order valence-corrected chi connectivity index (χ4v) is 4.89. The van der Waals surface area contributed by atoms with E-state index >= 15 is 0 Å². The molecule has 22 heavy (non-hydrogen) atoms. The van der Waals surface area contributed by atoms with Crippen LogP contribution in [0.5, 0.6) is 0 Å². The van der Waals surface area contributed by atoms with E-state index < -0.39 is 10.2 Å². The molecule has 1 N–H and O–H groups in total. The lowest BCUT2D eigenvalue weighted by Gasteiger charge is -2.34. The first-order valence-electron chi connectivity index (χ1n) is 8.18. The SMILES string of the molecule is CC1CC(C)CN(S(=O)(=O)NC(C)CCc2ccccc2)C1. The molecule has 0 saturated carbocycles. The Morgan fingerprint density at radius 2 is 1.77 bits per heavy atom. The molecule has 0 aromatic heterocycles. The molecule has 0 spiro atoms. The van der Waals surface area contributed by atoms with E-state index in [9.17, 15) is 8.42 Å². The van der Waals surface area contributed by atoms with Gasteiger partial charge >= 0.3 is 0 Å². The first kappa shape index (κ1) is 17.4. The van der Waals surface area contributed by atoms with E-state index in [1.54, 1.807) is 4.31 Å². The van der Waals surface area contributed by atoms with Crippen LogP contribution in [0.15, 0.2) is 30.3 Å². The highest BCUT2D eigenvalue weighted by Gasteiger charge is 2.31. The molecule has 124 valence electrons. The van der Waals surface area contributed by atoms with Crippen LogP contribution in [0.2, 0.25) is 0 Å². The second-order valence-electron chi connectivity index (χ2n) is 6.81. The number of nitrogens with one attached hydrogen (secondary N) is 1. The maximum Gasteiger partial charge on any atom is 0.279 e. The van der Waals surface area contributed by atoms with E-state index in [0.717, 1.165) is 19.3 Å². The molecule has 0 radical (unpaired) electrons. The van der Waals surface area contributed by atoms with E-state index in [1.165, 1.54) is 5.56 Å². The summed E-state index contributed by atoms with van der Waals surface area (Å²) in [7, 11) is -3.37. The van der Waals surface area contributed by atoms with Crippen molar-refractivity contribution in [3.05, 3.63) is 35.9 Å². The van der Waals surface area contributed by atoms with Crippen LogP contribution in [0, 0.1) is 11.8 Å². The number of nitrogens with zero attached hydrogens (tertiary/aromatic N) is 1. The van der Waals surface area contributed by atoms with Crippen LogP contribution in [0.1, 0.15) is 39.2 Å². The van der Waals surface area contributed by atoms with E-state index in [1.807, 2.05) is 25.1 Å². The number of aryl methyl sites for hydroxylation is 1. The maximum absolute atomic E-state index is 12.5. The molecule has 0 amide bonds. The van der Waals surface area contributed by atoms with Gasteiger partial charge in [-0.15, -0.1) is 0 Å². The van der Waals surface area contributed by atoms with Crippen molar-refractivity contribution in [3.63, 3.8) is 0 Å². The van der Waals surface area contributed by atoms with Crippen LogP contribution < -0.4 is 4.72 Å². The smallest absolute Gasteiger partial charge is 0.199 e. The van der Waals surface area contributed by atoms with Gasteiger partial charge in [-0.25, -0.2) is 0 Å². The molecular formula is C17H28N2O2S. The summed E-state index contributed by atoms with van der Waals surface area (Å²) in [4.78, 5) is 0. The van der Waals surface area contributed by atoms with Crippen molar-refractivity contribution >= 4 is 10.2 Å². The summed E-state index contributed by atoms with van der Waals surface area (Å²) in [6, 6.07) is 10.1. The molecule has 1 aliphatic heterocycles. The Hall–Kier alpha value is -0.910. The number of piperidine rings is 1. The number of rotatable bonds is 6. The molecule has 3 atom stereocenters. The highest BCUT2D eigenvalue weighted by molar-refractivity contribution is 7.87. The zero-order chi connectivity index (χ0) is 16.2. The lowest BCUT2D eigenvalue weighted by atomic mass is 9.94. The molecule has 5 heteroatoms. The third-order valence-corrected chi connectivity index (χ3v) is 5.91. The molecule has 1 aromatic carbocycles. The minimum atomic E-state index is -3.37. The first-order valence-corrected chi connectivity index (χ1v) is 9.62. The van der Waals surface area contributed by atoms with Gasteiger partial charge < -0.3 is 0 Å². The standard InChI is InChI=1S/C17H28N2O2S/c1-14-11-15(2)13-19(12-14)22(20,21)18-16(3)9-10-17-7-5-4-6-8-17/h4-8,14-16,18H,9-13H2,1-3H3. The van der Waals surface area contributed by atoms with E-state index in [0.29, 0.717) is 24.9 Å². The third kappa shape index (κ3) is 5.07. The normalized spacial score (nSPS) is 25.0. The summed E-state index contributed by atoms with van der Waals surface area (Å²) in [6.07, 6.45) is 2.80. The Kier molecular flexibility index (Phi) is 6.01. The van der Waals surface area contributed by atoms with Crippen molar-refractivity contribution in [1.29, 1.82) is 0 Å². The zero-order valence-corrected chi connectivity index (χ0v) is 14.6. The van der Waals surface area contributed by atoms with Gasteiger partial charge in [-0.2, -0.15) is 17.4 Å². The second-order valence-corrected chi connectivity index (χ2v) is 8.51. The Labute approximate surface area is 135 Å². The summed E-state index contributed by atoms with van der Waals surface area (Å²) in [6.45, 7) is 7.45. The highest BCUT2D eigenvalue weighted by Crippen LogP contribution is 2.22. The van der Waals surface area contributed by atoms with Crippen molar-refractivity contribution in [3.8, 4) is 0 Å². The van der Waals surface area contributed by atoms with Gasteiger partial charge in [0.2, 0.25) is 0 Å². The molecule has 0 bridgehead atoms. The van der Waals surface area contributed by atoms with Gasteiger partial charge in [0, 0.05) is 19.1 Å². The van der Waals surface area contributed by atoms with Crippen molar-refractivity contribution in [2.45, 2.75) is 46.1 Å². The molecule has 1 aromatic rings. The van der Waals surface area contributed by atoms with Gasteiger partial charge in [-0.1, -0.05) is 44.2 Å². The molecule has 1 fully saturated rings. The lowest BCUT2D eigenvalue weighted by Crippen LogP contribution is -2.50. The quantitative estimate of drug-likeness (QED) is 0.875. The van der Waals surface area contributed by atoms with Crippen molar-refractivity contribution < 1.29 is 8.42 Å². The van der Waals surface area contributed by atoms with Crippen LogP contribution in [-0.2, 0) is 16.6 Å². The minimum absolute atomic E-state index is 0.0576. The summed E-state index contributed by atoms with van der Waals surface area (Å²) in [5.41, 5.74) is 1.24. The molecule has 1 aliphatic rings. The molecule has 0 aliphatic carbocycles. The van der Waals surface area contributed by atoms with E-state index in [-0.39, 0.29) is 6.04 Å². The Bertz CT molecular complexity index is 549. The van der Waals surface area contributed by atoms with Gasteiger partial charge in [0.05, 0.1) is 0 Å². The molecular weight excluding hydrogens is 296 g/mol. The third-order valence-electron chi connectivity index (χ3n) is 4.23. The van der Waals surface area contributed by atoms with Gasteiger partial charge in [0.25, 0.3) is 10.2 Å². The number of hydrogen-bond donors (Lipinski definition) is 1. The van der Waals surface area contributed by atoms with Gasteiger partial charge in [-0.05, 0) is 43.6 Å². The molecule has 4 nitrogen and oxygen atoms in total. The highest BCUT2D eigenvalue weighted by atomic mass is 32.2. The van der Waals surface area contributed by atoms with Crippen LogP contribution in [0.25, 0.3) is 0 Å². The van der Waals surface area contributed by atoms with Crippen LogP contribution >= 0.6 is 0 Å². The Morgan fingerprint density at radius 3 is 2.36 bits per heavy atom. The van der Waals surface area contributed by atoms with Crippen molar-refractivity contribution in [2.75, 3.05) is 13.1 Å². The zero-order valence-electron chi connectivity index (χ0n) is 13.8. The number of benzene rings is 1. The average molecular weight is 324 g/mol. The largest absolute Gasteiger partial charge is 0.279 e. The predicted octanol–water partition coefficient (Wildman–Crippen LogP) is 2.82. The second kappa shape index (κ2) is 7.57. The summed E-state index contributed by atoms with van der Waals surface area (Å²) in [5, 5.41) is 0. The van der Waals surface area contributed by atoms with Gasteiger partial charge in [-0.3, -0.25) is 0 Å².